The number of unbranched alkanes of at least 4 members (excludes halogenated alkanes) is 1. The molecule has 0 aliphatic heterocycles. The fourth-order valence-electron chi connectivity index (χ4n) is 1.71. The maximum Gasteiger partial charge on any atom is 0.128 e. The third-order valence-corrected chi connectivity index (χ3v) is 2.66. The van der Waals surface area contributed by atoms with Crippen LogP contribution in [0.3, 0.4) is 0 Å². The Morgan fingerprint density at radius 3 is 2.71 bits per heavy atom. The van der Waals surface area contributed by atoms with E-state index in [1.54, 1.807) is 6.07 Å². The maximum absolute atomic E-state index is 13.6. The molecule has 1 unspecified atom stereocenters. The Labute approximate surface area is 103 Å². The van der Waals surface area contributed by atoms with E-state index in [1.165, 1.54) is 6.07 Å². The Hall–Kier alpha value is -0.930. The zero-order valence-corrected chi connectivity index (χ0v) is 10.7. The van der Waals surface area contributed by atoms with Crippen LogP contribution in [0, 0.1) is 5.82 Å². The van der Waals surface area contributed by atoms with E-state index >= 15 is 0 Å². The summed E-state index contributed by atoms with van der Waals surface area (Å²) in [6, 6.07) is 6.81. The fourth-order valence-corrected chi connectivity index (χ4v) is 1.71. The molecule has 0 spiro atoms. The second-order valence-corrected chi connectivity index (χ2v) is 4.06. The molecule has 0 fully saturated rings. The summed E-state index contributed by atoms with van der Waals surface area (Å²) in [5, 5.41) is 3.25. The molecule has 0 saturated carbocycles. The van der Waals surface area contributed by atoms with Gasteiger partial charge in [0.1, 0.15) is 5.82 Å². The molecule has 1 N–H and O–H groups in total. The molecule has 0 bridgehead atoms. The maximum atomic E-state index is 13.6. The second kappa shape index (κ2) is 8.20. The lowest BCUT2D eigenvalue weighted by Crippen LogP contribution is -2.26. The summed E-state index contributed by atoms with van der Waals surface area (Å²) in [4.78, 5) is 0. The number of likely N-dealkylation sites (N-methyl/N-ethyl adjacent to an activating group) is 1. The number of nitrogens with one attached hydrogen (secondary N) is 1. The number of hydrogen-bond acceptors (Lipinski definition) is 2. The summed E-state index contributed by atoms with van der Waals surface area (Å²) < 4.78 is 19.2. The van der Waals surface area contributed by atoms with Crippen LogP contribution >= 0.6 is 0 Å². The summed E-state index contributed by atoms with van der Waals surface area (Å²) in [5.41, 5.74) is 0.686. The molecular weight excluding hydrogens is 217 g/mol. The van der Waals surface area contributed by atoms with Gasteiger partial charge in [-0.2, -0.15) is 0 Å². The van der Waals surface area contributed by atoms with E-state index in [4.69, 9.17) is 4.74 Å². The van der Waals surface area contributed by atoms with Crippen molar-refractivity contribution in [2.45, 2.75) is 32.7 Å². The van der Waals surface area contributed by atoms with Gasteiger partial charge in [-0.3, -0.25) is 0 Å². The SMILES string of the molecule is CCCCOCC(NCC)c1ccccc1F. The van der Waals surface area contributed by atoms with E-state index in [0.717, 1.165) is 26.0 Å². The highest BCUT2D eigenvalue weighted by molar-refractivity contribution is 5.21. The molecule has 0 amide bonds. The van der Waals surface area contributed by atoms with Gasteiger partial charge < -0.3 is 10.1 Å². The van der Waals surface area contributed by atoms with Gasteiger partial charge in [-0.25, -0.2) is 4.39 Å². The van der Waals surface area contributed by atoms with Crippen LogP contribution < -0.4 is 5.32 Å². The lowest BCUT2D eigenvalue weighted by Gasteiger charge is -2.19. The summed E-state index contributed by atoms with van der Waals surface area (Å²) in [5.74, 6) is -0.169. The topological polar surface area (TPSA) is 21.3 Å². The molecule has 3 heteroatoms. The minimum Gasteiger partial charge on any atom is -0.379 e. The van der Waals surface area contributed by atoms with Gasteiger partial charge in [0, 0.05) is 12.2 Å². The number of benzene rings is 1. The van der Waals surface area contributed by atoms with E-state index in [-0.39, 0.29) is 11.9 Å². The summed E-state index contributed by atoms with van der Waals surface area (Å²) in [6.45, 7) is 6.21. The number of halogens is 1. The zero-order valence-electron chi connectivity index (χ0n) is 10.7. The van der Waals surface area contributed by atoms with Gasteiger partial charge >= 0.3 is 0 Å². The van der Waals surface area contributed by atoms with Crippen molar-refractivity contribution in [3.63, 3.8) is 0 Å². The van der Waals surface area contributed by atoms with Crippen molar-refractivity contribution in [1.82, 2.24) is 5.32 Å². The highest BCUT2D eigenvalue weighted by Crippen LogP contribution is 2.17. The standard InChI is InChI=1S/C14H22FNO/c1-3-5-10-17-11-14(16-4-2)12-8-6-7-9-13(12)15/h6-9,14,16H,3-5,10-11H2,1-2H3. The van der Waals surface area contributed by atoms with Gasteiger partial charge in [0.2, 0.25) is 0 Å². The Morgan fingerprint density at radius 2 is 2.06 bits per heavy atom. The van der Waals surface area contributed by atoms with Crippen LogP contribution in [0.4, 0.5) is 4.39 Å². The number of ether oxygens (including phenoxy) is 1. The van der Waals surface area contributed by atoms with Crippen LogP contribution in [-0.2, 0) is 4.74 Å². The van der Waals surface area contributed by atoms with Gasteiger partial charge in [0.15, 0.2) is 0 Å². The molecule has 96 valence electrons. The normalized spacial score (nSPS) is 12.6. The van der Waals surface area contributed by atoms with Crippen LogP contribution in [-0.4, -0.2) is 19.8 Å². The molecule has 0 saturated heterocycles. The number of hydrogen-bond donors (Lipinski definition) is 1. The van der Waals surface area contributed by atoms with Gasteiger partial charge in [-0.05, 0) is 19.0 Å². The molecule has 2 nitrogen and oxygen atoms in total. The molecule has 1 atom stereocenters. The van der Waals surface area contributed by atoms with Crippen molar-refractivity contribution in [3.8, 4) is 0 Å². The predicted octanol–water partition coefficient (Wildman–Crippen LogP) is 3.29. The molecule has 17 heavy (non-hydrogen) atoms. The molecule has 1 aromatic rings. The lowest BCUT2D eigenvalue weighted by molar-refractivity contribution is 0.108. The fraction of sp³-hybridized carbons (Fsp3) is 0.571. The third-order valence-electron chi connectivity index (χ3n) is 2.66. The van der Waals surface area contributed by atoms with Crippen LogP contribution in [0.5, 0.6) is 0 Å². The molecule has 0 aromatic heterocycles. The van der Waals surface area contributed by atoms with Gasteiger partial charge in [0.25, 0.3) is 0 Å². The average Bonchev–Trinajstić information content (AvgIpc) is 2.34. The van der Waals surface area contributed by atoms with E-state index in [0.29, 0.717) is 12.2 Å². The molecular formula is C14H22FNO. The van der Waals surface area contributed by atoms with Crippen molar-refractivity contribution < 1.29 is 9.13 Å². The van der Waals surface area contributed by atoms with Crippen LogP contribution in [0.25, 0.3) is 0 Å². The molecule has 0 aliphatic carbocycles. The van der Waals surface area contributed by atoms with Gasteiger partial charge in [-0.15, -0.1) is 0 Å². The summed E-state index contributed by atoms with van der Waals surface area (Å²) in [6.07, 6.45) is 2.17. The zero-order chi connectivity index (χ0) is 12.5. The Bertz CT molecular complexity index is 317. The first kappa shape index (κ1) is 14.1. The molecule has 0 heterocycles. The minimum absolute atomic E-state index is 0.0574. The average molecular weight is 239 g/mol. The van der Waals surface area contributed by atoms with E-state index in [2.05, 4.69) is 12.2 Å². The Kier molecular flexibility index (Phi) is 6.82. The van der Waals surface area contributed by atoms with Gasteiger partial charge in [-0.1, -0.05) is 38.5 Å². The van der Waals surface area contributed by atoms with Crippen LogP contribution in [0.15, 0.2) is 24.3 Å². The first-order chi connectivity index (χ1) is 8.29. The summed E-state index contributed by atoms with van der Waals surface area (Å²) in [7, 11) is 0. The number of rotatable bonds is 8. The summed E-state index contributed by atoms with van der Waals surface area (Å²) >= 11 is 0. The van der Waals surface area contributed by atoms with Crippen molar-refractivity contribution >= 4 is 0 Å². The van der Waals surface area contributed by atoms with Crippen molar-refractivity contribution in [3.05, 3.63) is 35.6 Å². The Balaban J connectivity index is 2.56. The first-order valence-corrected chi connectivity index (χ1v) is 6.35. The van der Waals surface area contributed by atoms with Crippen molar-refractivity contribution in [2.75, 3.05) is 19.8 Å². The largest absolute Gasteiger partial charge is 0.379 e. The first-order valence-electron chi connectivity index (χ1n) is 6.35. The van der Waals surface area contributed by atoms with E-state index in [9.17, 15) is 4.39 Å². The predicted molar refractivity (Wildman–Crippen MR) is 68.5 cm³/mol. The quantitative estimate of drug-likeness (QED) is 0.703. The lowest BCUT2D eigenvalue weighted by atomic mass is 10.1. The Morgan fingerprint density at radius 1 is 1.29 bits per heavy atom. The van der Waals surface area contributed by atoms with Crippen LogP contribution in [0.1, 0.15) is 38.3 Å². The highest BCUT2D eigenvalue weighted by atomic mass is 19.1. The smallest absolute Gasteiger partial charge is 0.128 e. The molecule has 1 rings (SSSR count). The van der Waals surface area contributed by atoms with E-state index in [1.807, 2.05) is 19.1 Å². The van der Waals surface area contributed by atoms with Crippen LogP contribution in [0.2, 0.25) is 0 Å². The second-order valence-electron chi connectivity index (χ2n) is 4.06. The molecule has 1 aromatic carbocycles. The molecule has 0 radical (unpaired) electrons. The molecule has 0 aliphatic rings. The van der Waals surface area contributed by atoms with Crippen molar-refractivity contribution in [1.29, 1.82) is 0 Å². The highest BCUT2D eigenvalue weighted by Gasteiger charge is 2.14. The monoisotopic (exact) mass is 239 g/mol. The third kappa shape index (κ3) is 4.84. The minimum atomic E-state index is -0.169. The van der Waals surface area contributed by atoms with E-state index < -0.39 is 0 Å². The van der Waals surface area contributed by atoms with Gasteiger partial charge in [0.05, 0.1) is 12.6 Å². The van der Waals surface area contributed by atoms with Crippen molar-refractivity contribution in [2.24, 2.45) is 0 Å².